The van der Waals surface area contributed by atoms with Crippen LogP contribution in [0, 0.1) is 6.92 Å². The summed E-state index contributed by atoms with van der Waals surface area (Å²) in [4.78, 5) is 0. The molecule has 27 heavy (non-hydrogen) atoms. The van der Waals surface area contributed by atoms with Crippen molar-refractivity contribution in [2.45, 2.75) is 25.9 Å². The predicted octanol–water partition coefficient (Wildman–Crippen LogP) is 3.88. The molecular weight excluding hydrogens is 344 g/mol. The lowest BCUT2D eigenvalue weighted by Gasteiger charge is -2.28. The monoisotopic (exact) mass is 370 g/mol. The number of aliphatic hydroxyl groups is 1. The molecule has 0 saturated heterocycles. The van der Waals surface area contributed by atoms with Crippen LogP contribution in [0.3, 0.4) is 0 Å². The Morgan fingerprint density at radius 2 is 1.63 bits per heavy atom. The van der Waals surface area contributed by atoms with E-state index < -0.39 is 6.10 Å². The third-order valence-electron chi connectivity index (χ3n) is 5.01. The summed E-state index contributed by atoms with van der Waals surface area (Å²) in [5, 5.41) is 10.7. The minimum Gasteiger partial charge on any atom is -0.496 e. The Kier molecular flexibility index (Phi) is 5.61. The van der Waals surface area contributed by atoms with Gasteiger partial charge >= 0.3 is 0 Å². The van der Waals surface area contributed by atoms with E-state index in [0.29, 0.717) is 30.1 Å². The lowest BCUT2D eigenvalue weighted by atomic mass is 9.83. The normalized spacial score (nSPS) is 17.4. The van der Waals surface area contributed by atoms with E-state index in [2.05, 4.69) is 0 Å². The molecule has 0 spiro atoms. The topological polar surface area (TPSA) is 57.2 Å². The molecule has 0 aromatic heterocycles. The van der Waals surface area contributed by atoms with Crippen molar-refractivity contribution in [2.24, 2.45) is 0 Å². The summed E-state index contributed by atoms with van der Waals surface area (Å²) >= 11 is 0. The van der Waals surface area contributed by atoms with Crippen molar-refractivity contribution in [3.63, 3.8) is 0 Å². The highest BCUT2D eigenvalue weighted by Gasteiger charge is 2.29. The average Bonchev–Trinajstić information content (AvgIpc) is 2.68. The van der Waals surface area contributed by atoms with E-state index in [1.54, 1.807) is 28.4 Å². The maximum atomic E-state index is 10.7. The van der Waals surface area contributed by atoms with Crippen molar-refractivity contribution in [3.8, 4) is 23.0 Å². The van der Waals surface area contributed by atoms with Crippen LogP contribution in [0.4, 0.5) is 0 Å². The summed E-state index contributed by atoms with van der Waals surface area (Å²) < 4.78 is 22.0. The number of hydrogen-bond donors (Lipinski definition) is 1. The molecule has 3 rings (SSSR count). The van der Waals surface area contributed by atoms with Crippen LogP contribution in [0.5, 0.6) is 23.0 Å². The first-order valence-electron chi connectivity index (χ1n) is 8.90. The Labute approximate surface area is 160 Å². The Hall–Kier alpha value is -2.66. The van der Waals surface area contributed by atoms with Gasteiger partial charge < -0.3 is 24.1 Å². The van der Waals surface area contributed by atoms with Gasteiger partial charge in [0.25, 0.3) is 0 Å². The average molecular weight is 370 g/mol. The number of ether oxygens (including phenoxy) is 4. The van der Waals surface area contributed by atoms with Crippen molar-refractivity contribution < 1.29 is 24.1 Å². The van der Waals surface area contributed by atoms with E-state index in [9.17, 15) is 5.11 Å². The molecule has 0 heterocycles. The van der Waals surface area contributed by atoms with Gasteiger partial charge in [-0.3, -0.25) is 0 Å². The standard InChI is InChI=1S/C22H26O5/c1-13-10-14(6-9-19(13)24-2)11-17-16-12-20(25-3)22(27-5)21(26-4)15(16)7-8-18(17)23/h6,9-12,18,23H,7-8H2,1-5H3/b17-11+/t18-/m1/s1. The fourth-order valence-corrected chi connectivity index (χ4v) is 3.68. The lowest BCUT2D eigenvalue weighted by Crippen LogP contribution is -2.19. The van der Waals surface area contributed by atoms with Gasteiger partial charge in [-0.2, -0.15) is 0 Å². The van der Waals surface area contributed by atoms with Crippen molar-refractivity contribution in [3.05, 3.63) is 46.5 Å². The van der Waals surface area contributed by atoms with E-state index in [4.69, 9.17) is 18.9 Å². The molecule has 1 aliphatic rings. The second-order valence-electron chi connectivity index (χ2n) is 6.55. The number of hydrogen-bond acceptors (Lipinski definition) is 5. The van der Waals surface area contributed by atoms with Gasteiger partial charge in [0.2, 0.25) is 5.75 Å². The molecular formula is C22H26O5. The number of rotatable bonds is 5. The van der Waals surface area contributed by atoms with Crippen LogP contribution < -0.4 is 18.9 Å². The van der Waals surface area contributed by atoms with Crippen LogP contribution in [0.2, 0.25) is 0 Å². The number of fused-ring (bicyclic) bond motifs is 1. The Morgan fingerprint density at radius 3 is 2.22 bits per heavy atom. The molecule has 2 aromatic rings. The van der Waals surface area contributed by atoms with Crippen LogP contribution in [-0.4, -0.2) is 39.6 Å². The predicted molar refractivity (Wildman–Crippen MR) is 106 cm³/mol. The van der Waals surface area contributed by atoms with Gasteiger partial charge in [0.1, 0.15) is 5.75 Å². The van der Waals surface area contributed by atoms with E-state index in [1.807, 2.05) is 37.3 Å². The SMILES string of the molecule is COc1ccc(/C=C2\c3cc(OC)c(OC)c(OC)c3CC[C@H]2O)cc1C. The van der Waals surface area contributed by atoms with Gasteiger partial charge in [-0.05, 0) is 66.3 Å². The minimum atomic E-state index is -0.553. The molecule has 2 aromatic carbocycles. The first-order valence-corrected chi connectivity index (χ1v) is 8.90. The molecule has 0 saturated carbocycles. The number of methoxy groups -OCH3 is 4. The van der Waals surface area contributed by atoms with Crippen LogP contribution in [0.15, 0.2) is 24.3 Å². The maximum Gasteiger partial charge on any atom is 0.203 e. The molecule has 1 aliphatic carbocycles. The summed E-state index contributed by atoms with van der Waals surface area (Å²) in [7, 11) is 6.48. The van der Waals surface area contributed by atoms with Crippen LogP contribution >= 0.6 is 0 Å². The van der Waals surface area contributed by atoms with Gasteiger partial charge in [-0.25, -0.2) is 0 Å². The summed E-state index contributed by atoms with van der Waals surface area (Å²) in [6, 6.07) is 7.89. The molecule has 5 nitrogen and oxygen atoms in total. The molecule has 0 amide bonds. The largest absolute Gasteiger partial charge is 0.496 e. The van der Waals surface area contributed by atoms with E-state index in [-0.39, 0.29) is 0 Å². The fourth-order valence-electron chi connectivity index (χ4n) is 3.68. The third-order valence-corrected chi connectivity index (χ3v) is 5.01. The van der Waals surface area contributed by atoms with Gasteiger partial charge in [-0.1, -0.05) is 6.07 Å². The van der Waals surface area contributed by atoms with E-state index >= 15 is 0 Å². The highest BCUT2D eigenvalue weighted by molar-refractivity contribution is 5.88. The molecule has 1 atom stereocenters. The van der Waals surface area contributed by atoms with Crippen molar-refractivity contribution in [1.29, 1.82) is 0 Å². The Balaban J connectivity index is 2.18. The zero-order chi connectivity index (χ0) is 19.6. The quantitative estimate of drug-likeness (QED) is 0.866. The fraction of sp³-hybridized carbons (Fsp3) is 0.364. The van der Waals surface area contributed by atoms with Gasteiger partial charge in [-0.15, -0.1) is 0 Å². The summed E-state index contributed by atoms with van der Waals surface area (Å²) in [6.45, 7) is 2.00. The smallest absolute Gasteiger partial charge is 0.203 e. The van der Waals surface area contributed by atoms with Gasteiger partial charge in [0.05, 0.1) is 34.5 Å². The number of aliphatic hydroxyl groups excluding tert-OH is 1. The first-order chi connectivity index (χ1) is 13.0. The van der Waals surface area contributed by atoms with E-state index in [0.717, 1.165) is 33.6 Å². The summed E-state index contributed by atoms with van der Waals surface area (Å²) in [5.41, 5.74) is 4.85. The van der Waals surface area contributed by atoms with Gasteiger partial charge in [0, 0.05) is 5.56 Å². The van der Waals surface area contributed by atoms with Crippen LogP contribution in [0.25, 0.3) is 11.6 Å². The zero-order valence-electron chi connectivity index (χ0n) is 16.5. The molecule has 0 aliphatic heterocycles. The van der Waals surface area contributed by atoms with Crippen molar-refractivity contribution >= 4 is 11.6 Å². The summed E-state index contributed by atoms with van der Waals surface area (Å²) in [6.07, 6.45) is 2.79. The Bertz CT molecular complexity index is 869. The van der Waals surface area contributed by atoms with Crippen LogP contribution in [0.1, 0.15) is 28.7 Å². The minimum absolute atomic E-state index is 0.553. The van der Waals surface area contributed by atoms with Crippen molar-refractivity contribution in [2.75, 3.05) is 28.4 Å². The number of aryl methyl sites for hydroxylation is 1. The lowest BCUT2D eigenvalue weighted by molar-refractivity contribution is 0.217. The Morgan fingerprint density at radius 1 is 0.926 bits per heavy atom. The highest BCUT2D eigenvalue weighted by atomic mass is 16.5. The molecule has 5 heteroatoms. The van der Waals surface area contributed by atoms with Gasteiger partial charge in [0.15, 0.2) is 11.5 Å². The molecule has 0 radical (unpaired) electrons. The highest BCUT2D eigenvalue weighted by Crippen LogP contribution is 2.47. The summed E-state index contributed by atoms with van der Waals surface area (Å²) in [5.74, 6) is 2.67. The first kappa shape index (κ1) is 19.1. The third kappa shape index (κ3) is 3.47. The molecule has 0 fully saturated rings. The molecule has 144 valence electrons. The zero-order valence-corrected chi connectivity index (χ0v) is 16.5. The van der Waals surface area contributed by atoms with E-state index in [1.165, 1.54) is 0 Å². The second kappa shape index (κ2) is 7.92. The maximum absolute atomic E-state index is 10.7. The number of benzene rings is 2. The van der Waals surface area contributed by atoms with Crippen molar-refractivity contribution in [1.82, 2.24) is 0 Å². The van der Waals surface area contributed by atoms with Crippen LogP contribution in [-0.2, 0) is 6.42 Å². The molecule has 0 unspecified atom stereocenters. The molecule has 1 N–H and O–H groups in total. The second-order valence-corrected chi connectivity index (χ2v) is 6.55. The molecule has 0 bridgehead atoms.